The van der Waals surface area contributed by atoms with Crippen molar-refractivity contribution < 1.29 is 9.90 Å². The lowest BCUT2D eigenvalue weighted by molar-refractivity contribution is -0.133. The molecule has 0 aromatic carbocycles. The Bertz CT molecular complexity index is 819. The topological polar surface area (TPSA) is 95.4 Å². The highest BCUT2D eigenvalue weighted by Gasteiger charge is 2.28. The third kappa shape index (κ3) is 4.26. The van der Waals surface area contributed by atoms with Gasteiger partial charge in [0.05, 0.1) is 6.10 Å². The van der Waals surface area contributed by atoms with Crippen molar-refractivity contribution in [3.8, 4) is 0 Å². The maximum Gasteiger partial charge on any atom is 0.328 e. The Morgan fingerprint density at radius 3 is 2.72 bits per heavy atom. The fourth-order valence-electron chi connectivity index (χ4n) is 3.15. The van der Waals surface area contributed by atoms with E-state index >= 15 is 0 Å². The number of nitrogens with zero attached hydrogens (tertiary/aromatic N) is 2. The number of carbonyl (C=O) groups excluding carboxylic acids is 1. The molecule has 0 radical (unpaired) electrons. The maximum absolute atomic E-state index is 12.3. The molecular formula is C17H21N3O4S. The van der Waals surface area contributed by atoms with Gasteiger partial charge in [0.2, 0.25) is 5.91 Å². The van der Waals surface area contributed by atoms with Crippen LogP contribution in [0.4, 0.5) is 0 Å². The van der Waals surface area contributed by atoms with Gasteiger partial charge in [-0.3, -0.25) is 14.6 Å². The number of H-pyrrole nitrogens is 1. The normalized spacial score (nSPS) is 16.8. The monoisotopic (exact) mass is 363 g/mol. The van der Waals surface area contributed by atoms with Crippen molar-refractivity contribution in [2.75, 3.05) is 13.1 Å². The fourth-order valence-corrected chi connectivity index (χ4v) is 3.95. The molecule has 1 saturated heterocycles. The summed E-state index contributed by atoms with van der Waals surface area (Å²) < 4.78 is 1.33. The van der Waals surface area contributed by atoms with E-state index in [2.05, 4.69) is 4.98 Å². The average Bonchev–Trinajstić information content (AvgIpc) is 3.15. The van der Waals surface area contributed by atoms with E-state index in [1.807, 2.05) is 17.5 Å². The number of rotatable bonds is 5. The first-order valence-electron chi connectivity index (χ1n) is 8.33. The van der Waals surface area contributed by atoms with Gasteiger partial charge >= 0.3 is 5.69 Å². The molecule has 2 N–H and O–H groups in total. The Morgan fingerprint density at radius 1 is 1.32 bits per heavy atom. The Hall–Kier alpha value is -2.19. The molecule has 1 fully saturated rings. The van der Waals surface area contributed by atoms with Crippen LogP contribution in [0.2, 0.25) is 0 Å². The number of hydrogen-bond acceptors (Lipinski definition) is 5. The van der Waals surface area contributed by atoms with Crippen molar-refractivity contribution in [1.29, 1.82) is 0 Å². The molecular weight excluding hydrogens is 342 g/mol. The SMILES string of the molecule is O=C(CCn1ccc(=O)[nH]c1=O)N1CCC(C(O)c2cccs2)CC1. The number of aromatic nitrogens is 2. The number of aryl methyl sites for hydroxylation is 1. The molecule has 7 nitrogen and oxygen atoms in total. The van der Waals surface area contributed by atoms with Crippen LogP contribution in [0.1, 0.15) is 30.2 Å². The predicted molar refractivity (Wildman–Crippen MR) is 94.5 cm³/mol. The number of carbonyl (C=O) groups is 1. The van der Waals surface area contributed by atoms with Gasteiger partial charge in [0.1, 0.15) is 0 Å². The largest absolute Gasteiger partial charge is 0.387 e. The summed E-state index contributed by atoms with van der Waals surface area (Å²) in [7, 11) is 0. The third-order valence-corrected chi connectivity index (χ3v) is 5.58. The molecule has 1 aliphatic rings. The summed E-state index contributed by atoms with van der Waals surface area (Å²) in [6.45, 7) is 1.48. The van der Waals surface area contributed by atoms with Crippen molar-refractivity contribution in [3.05, 3.63) is 55.5 Å². The van der Waals surface area contributed by atoms with Gasteiger partial charge in [0.25, 0.3) is 5.56 Å². The summed E-state index contributed by atoms with van der Waals surface area (Å²) in [6.07, 6.45) is 2.69. The molecule has 25 heavy (non-hydrogen) atoms. The zero-order valence-electron chi connectivity index (χ0n) is 13.8. The van der Waals surface area contributed by atoms with E-state index in [0.29, 0.717) is 13.1 Å². The molecule has 3 rings (SSSR count). The molecule has 134 valence electrons. The molecule has 0 spiro atoms. The first kappa shape index (κ1) is 17.6. The van der Waals surface area contributed by atoms with Crippen LogP contribution in [0.25, 0.3) is 0 Å². The number of piperidine rings is 1. The molecule has 1 amide bonds. The summed E-state index contributed by atoms with van der Waals surface area (Å²) in [5.74, 6) is 0.159. The summed E-state index contributed by atoms with van der Waals surface area (Å²) in [5.41, 5.74) is -0.947. The molecule has 0 bridgehead atoms. The molecule has 0 aliphatic carbocycles. The van der Waals surface area contributed by atoms with Crippen LogP contribution in [-0.2, 0) is 11.3 Å². The number of amides is 1. The Labute approximate surface area is 148 Å². The van der Waals surface area contributed by atoms with Crippen molar-refractivity contribution >= 4 is 17.2 Å². The van der Waals surface area contributed by atoms with Gasteiger partial charge in [-0.25, -0.2) is 4.79 Å². The molecule has 3 heterocycles. The summed E-state index contributed by atoms with van der Waals surface area (Å²) in [6, 6.07) is 5.14. The van der Waals surface area contributed by atoms with Gasteiger partial charge < -0.3 is 14.6 Å². The number of thiophene rings is 1. The highest BCUT2D eigenvalue weighted by molar-refractivity contribution is 7.10. The molecule has 0 saturated carbocycles. The second-order valence-electron chi connectivity index (χ2n) is 6.23. The van der Waals surface area contributed by atoms with Gasteiger partial charge in [-0.05, 0) is 30.2 Å². The van der Waals surface area contributed by atoms with Crippen LogP contribution >= 0.6 is 11.3 Å². The molecule has 2 aromatic heterocycles. The minimum atomic E-state index is -0.502. The van der Waals surface area contributed by atoms with Crippen LogP contribution in [0.5, 0.6) is 0 Å². The van der Waals surface area contributed by atoms with Crippen molar-refractivity contribution in [1.82, 2.24) is 14.5 Å². The zero-order chi connectivity index (χ0) is 17.8. The highest BCUT2D eigenvalue weighted by atomic mass is 32.1. The predicted octanol–water partition coefficient (Wildman–Crippen LogP) is 0.960. The van der Waals surface area contributed by atoms with Crippen molar-refractivity contribution in [2.45, 2.75) is 31.9 Å². The van der Waals surface area contributed by atoms with Crippen molar-refractivity contribution in [3.63, 3.8) is 0 Å². The van der Waals surface area contributed by atoms with Gasteiger partial charge in [0, 0.05) is 43.2 Å². The Morgan fingerprint density at radius 2 is 2.08 bits per heavy atom. The first-order valence-corrected chi connectivity index (χ1v) is 9.21. The zero-order valence-corrected chi connectivity index (χ0v) is 14.6. The van der Waals surface area contributed by atoms with Gasteiger partial charge in [-0.2, -0.15) is 0 Å². The average molecular weight is 363 g/mol. The Balaban J connectivity index is 1.50. The third-order valence-electron chi connectivity index (χ3n) is 4.64. The number of hydrogen-bond donors (Lipinski definition) is 2. The lowest BCUT2D eigenvalue weighted by Gasteiger charge is -2.34. The number of aliphatic hydroxyl groups is 1. The number of aliphatic hydroxyl groups excluding tert-OH is 1. The maximum atomic E-state index is 12.3. The fraction of sp³-hybridized carbons (Fsp3) is 0.471. The van der Waals surface area contributed by atoms with Crippen LogP contribution in [-0.4, -0.2) is 38.6 Å². The molecule has 8 heteroatoms. The van der Waals surface area contributed by atoms with Crippen LogP contribution in [0.15, 0.2) is 39.4 Å². The summed E-state index contributed by atoms with van der Waals surface area (Å²) in [5, 5.41) is 12.4. The van der Waals surface area contributed by atoms with E-state index in [0.717, 1.165) is 17.7 Å². The number of likely N-dealkylation sites (tertiary alicyclic amines) is 1. The lowest BCUT2D eigenvalue weighted by Crippen LogP contribution is -2.40. The minimum Gasteiger partial charge on any atom is -0.387 e. The van der Waals surface area contributed by atoms with Gasteiger partial charge in [-0.15, -0.1) is 11.3 Å². The minimum absolute atomic E-state index is 0.0119. The molecule has 1 unspecified atom stereocenters. The second kappa shape index (κ2) is 7.79. The van der Waals surface area contributed by atoms with Crippen LogP contribution in [0, 0.1) is 5.92 Å². The van der Waals surface area contributed by atoms with Gasteiger partial charge in [-0.1, -0.05) is 6.07 Å². The molecule has 1 atom stereocenters. The first-order chi connectivity index (χ1) is 12.0. The molecule has 1 aliphatic heterocycles. The number of aromatic amines is 1. The molecule has 2 aromatic rings. The standard InChI is InChI=1S/C17H21N3O4S/c21-14-5-9-20(17(24)18-14)10-6-15(22)19-7-3-12(4-8-19)16(23)13-2-1-11-25-13/h1-2,5,9,11-12,16,23H,3-4,6-8,10H2,(H,18,21,24). The van der Waals surface area contributed by atoms with Crippen LogP contribution in [0.3, 0.4) is 0 Å². The lowest BCUT2D eigenvalue weighted by atomic mass is 9.90. The summed E-state index contributed by atoms with van der Waals surface area (Å²) >= 11 is 1.55. The smallest absolute Gasteiger partial charge is 0.328 e. The quantitative estimate of drug-likeness (QED) is 0.827. The second-order valence-corrected chi connectivity index (χ2v) is 7.21. The van der Waals surface area contributed by atoms with Crippen molar-refractivity contribution in [2.24, 2.45) is 5.92 Å². The van der Waals surface area contributed by atoms with E-state index in [-0.39, 0.29) is 24.8 Å². The number of nitrogens with one attached hydrogen (secondary N) is 1. The van der Waals surface area contributed by atoms with E-state index in [4.69, 9.17) is 0 Å². The van der Waals surface area contributed by atoms with E-state index in [9.17, 15) is 19.5 Å². The van der Waals surface area contributed by atoms with Gasteiger partial charge in [0.15, 0.2) is 0 Å². The van der Waals surface area contributed by atoms with E-state index < -0.39 is 17.4 Å². The summed E-state index contributed by atoms with van der Waals surface area (Å²) in [4.78, 5) is 39.9. The van der Waals surface area contributed by atoms with Crippen LogP contribution < -0.4 is 11.2 Å². The van der Waals surface area contributed by atoms with E-state index in [1.54, 1.807) is 16.2 Å². The Kier molecular flexibility index (Phi) is 5.50. The van der Waals surface area contributed by atoms with E-state index in [1.165, 1.54) is 16.8 Å². The highest BCUT2D eigenvalue weighted by Crippen LogP contribution is 2.32.